The number of benzene rings is 1. The van der Waals surface area contributed by atoms with Gasteiger partial charge in [-0.15, -0.1) is 0 Å². The van der Waals surface area contributed by atoms with E-state index in [1.165, 1.54) is 11.1 Å². The van der Waals surface area contributed by atoms with Crippen LogP contribution in [0.1, 0.15) is 31.4 Å². The van der Waals surface area contributed by atoms with Gasteiger partial charge < -0.3 is 4.74 Å². The smallest absolute Gasteiger partial charge is 0.240 e. The van der Waals surface area contributed by atoms with Gasteiger partial charge in [-0.3, -0.25) is 0 Å². The van der Waals surface area contributed by atoms with Crippen LogP contribution in [0.4, 0.5) is 0 Å². The average Bonchev–Trinajstić information content (AvgIpc) is 2.39. The molecule has 2 rings (SSSR count). The standard InChI is InChI=1S/C17H22N2O/c1-12(2)7-10-20-17-16(18-8-9-19-17)15-6-5-13(3)11-14(15)4/h5-6,8-9,11-12H,7,10H2,1-4H3. The van der Waals surface area contributed by atoms with E-state index >= 15 is 0 Å². The quantitative estimate of drug-likeness (QED) is 0.817. The van der Waals surface area contributed by atoms with Crippen molar-refractivity contribution in [2.75, 3.05) is 6.61 Å². The number of rotatable bonds is 5. The summed E-state index contributed by atoms with van der Waals surface area (Å²) in [5.41, 5.74) is 4.36. The van der Waals surface area contributed by atoms with Gasteiger partial charge in [-0.25, -0.2) is 9.97 Å². The Morgan fingerprint density at radius 1 is 1.10 bits per heavy atom. The zero-order chi connectivity index (χ0) is 14.5. The van der Waals surface area contributed by atoms with Crippen LogP contribution in [0.25, 0.3) is 11.3 Å². The van der Waals surface area contributed by atoms with Gasteiger partial charge in [-0.2, -0.15) is 0 Å². The van der Waals surface area contributed by atoms with Gasteiger partial charge in [0, 0.05) is 18.0 Å². The summed E-state index contributed by atoms with van der Waals surface area (Å²) in [6.07, 6.45) is 4.41. The van der Waals surface area contributed by atoms with Crippen molar-refractivity contribution in [3.8, 4) is 17.1 Å². The van der Waals surface area contributed by atoms with Crippen molar-refractivity contribution in [1.29, 1.82) is 0 Å². The molecule has 0 saturated carbocycles. The van der Waals surface area contributed by atoms with Crippen molar-refractivity contribution in [3.05, 3.63) is 41.7 Å². The molecule has 0 aliphatic rings. The van der Waals surface area contributed by atoms with Crippen molar-refractivity contribution < 1.29 is 4.74 Å². The predicted octanol–water partition coefficient (Wildman–Crippen LogP) is 4.19. The summed E-state index contributed by atoms with van der Waals surface area (Å²) in [6, 6.07) is 6.33. The lowest BCUT2D eigenvalue weighted by Crippen LogP contribution is -2.05. The molecule has 3 heteroatoms. The lowest BCUT2D eigenvalue weighted by Gasteiger charge is -2.12. The first-order valence-electron chi connectivity index (χ1n) is 7.09. The fraction of sp³-hybridized carbons (Fsp3) is 0.412. The molecule has 0 bridgehead atoms. The summed E-state index contributed by atoms with van der Waals surface area (Å²) in [6.45, 7) is 9.23. The second-order valence-corrected chi connectivity index (χ2v) is 5.56. The maximum absolute atomic E-state index is 5.81. The number of nitrogens with zero attached hydrogens (tertiary/aromatic N) is 2. The van der Waals surface area contributed by atoms with Crippen LogP contribution in [0.5, 0.6) is 5.88 Å². The van der Waals surface area contributed by atoms with E-state index in [4.69, 9.17) is 4.74 Å². The van der Waals surface area contributed by atoms with Gasteiger partial charge >= 0.3 is 0 Å². The summed E-state index contributed by atoms with van der Waals surface area (Å²) in [5.74, 6) is 1.25. The monoisotopic (exact) mass is 270 g/mol. The lowest BCUT2D eigenvalue weighted by atomic mass is 10.0. The molecule has 3 nitrogen and oxygen atoms in total. The summed E-state index contributed by atoms with van der Waals surface area (Å²) in [7, 11) is 0. The molecule has 1 aromatic carbocycles. The Morgan fingerprint density at radius 3 is 2.55 bits per heavy atom. The minimum absolute atomic E-state index is 0.622. The van der Waals surface area contributed by atoms with Crippen LogP contribution in [0.3, 0.4) is 0 Å². The molecule has 0 fully saturated rings. The minimum Gasteiger partial charge on any atom is -0.476 e. The molecular weight excluding hydrogens is 248 g/mol. The Bertz CT molecular complexity index is 579. The van der Waals surface area contributed by atoms with Gasteiger partial charge in [0.15, 0.2) is 0 Å². The Labute approximate surface area is 121 Å². The second-order valence-electron chi connectivity index (χ2n) is 5.56. The van der Waals surface area contributed by atoms with E-state index < -0.39 is 0 Å². The fourth-order valence-electron chi connectivity index (χ4n) is 2.09. The van der Waals surface area contributed by atoms with Crippen LogP contribution in [0, 0.1) is 19.8 Å². The molecule has 20 heavy (non-hydrogen) atoms. The van der Waals surface area contributed by atoms with E-state index in [1.807, 2.05) is 0 Å². The number of aryl methyl sites for hydroxylation is 2. The maximum atomic E-state index is 5.81. The first-order chi connectivity index (χ1) is 9.58. The first-order valence-corrected chi connectivity index (χ1v) is 7.09. The Hall–Kier alpha value is -1.90. The Kier molecular flexibility index (Phi) is 4.72. The molecule has 0 atom stereocenters. The van der Waals surface area contributed by atoms with E-state index in [0.717, 1.165) is 17.7 Å². The van der Waals surface area contributed by atoms with Crippen LogP contribution >= 0.6 is 0 Å². The molecule has 0 aliphatic heterocycles. The average molecular weight is 270 g/mol. The van der Waals surface area contributed by atoms with Gasteiger partial charge in [0.1, 0.15) is 5.69 Å². The molecule has 0 spiro atoms. The molecule has 0 N–H and O–H groups in total. The lowest BCUT2D eigenvalue weighted by molar-refractivity contribution is 0.279. The van der Waals surface area contributed by atoms with E-state index in [0.29, 0.717) is 18.4 Å². The first kappa shape index (κ1) is 14.5. The highest BCUT2D eigenvalue weighted by Crippen LogP contribution is 2.28. The third kappa shape index (κ3) is 3.56. The van der Waals surface area contributed by atoms with Crippen molar-refractivity contribution in [2.24, 2.45) is 5.92 Å². The molecule has 2 aromatic rings. The number of ether oxygens (including phenoxy) is 1. The third-order valence-corrected chi connectivity index (χ3v) is 3.24. The SMILES string of the molecule is Cc1ccc(-c2nccnc2OCCC(C)C)c(C)c1. The molecule has 0 unspecified atom stereocenters. The maximum Gasteiger partial charge on any atom is 0.240 e. The van der Waals surface area contributed by atoms with E-state index in [1.54, 1.807) is 12.4 Å². The molecule has 0 radical (unpaired) electrons. The normalized spacial score (nSPS) is 10.8. The predicted molar refractivity (Wildman–Crippen MR) is 81.9 cm³/mol. The summed E-state index contributed by atoms with van der Waals surface area (Å²) >= 11 is 0. The Balaban J connectivity index is 2.27. The summed E-state index contributed by atoms with van der Waals surface area (Å²) < 4.78 is 5.81. The highest BCUT2D eigenvalue weighted by Gasteiger charge is 2.11. The zero-order valence-electron chi connectivity index (χ0n) is 12.7. The number of hydrogen-bond acceptors (Lipinski definition) is 3. The fourth-order valence-corrected chi connectivity index (χ4v) is 2.09. The van der Waals surface area contributed by atoms with Gasteiger partial charge in [-0.1, -0.05) is 37.6 Å². The van der Waals surface area contributed by atoms with Crippen molar-refractivity contribution in [1.82, 2.24) is 9.97 Å². The number of hydrogen-bond donors (Lipinski definition) is 0. The van der Waals surface area contributed by atoms with Crippen LogP contribution in [0.15, 0.2) is 30.6 Å². The van der Waals surface area contributed by atoms with Crippen molar-refractivity contribution in [3.63, 3.8) is 0 Å². The zero-order valence-corrected chi connectivity index (χ0v) is 12.7. The number of aromatic nitrogens is 2. The van der Waals surface area contributed by atoms with Crippen LogP contribution < -0.4 is 4.74 Å². The highest BCUT2D eigenvalue weighted by atomic mass is 16.5. The van der Waals surface area contributed by atoms with Gasteiger partial charge in [-0.05, 0) is 31.7 Å². The molecule has 1 aromatic heterocycles. The molecule has 1 heterocycles. The molecule has 0 aliphatic carbocycles. The highest BCUT2D eigenvalue weighted by molar-refractivity contribution is 5.68. The molecule has 0 saturated heterocycles. The van der Waals surface area contributed by atoms with Gasteiger partial charge in [0.25, 0.3) is 0 Å². The van der Waals surface area contributed by atoms with E-state index in [2.05, 4.69) is 55.9 Å². The minimum atomic E-state index is 0.622. The largest absolute Gasteiger partial charge is 0.476 e. The van der Waals surface area contributed by atoms with E-state index in [-0.39, 0.29) is 0 Å². The molecule has 0 amide bonds. The molecular formula is C17H22N2O. The topological polar surface area (TPSA) is 35.0 Å². The second kappa shape index (κ2) is 6.51. The van der Waals surface area contributed by atoms with Crippen molar-refractivity contribution in [2.45, 2.75) is 34.1 Å². The van der Waals surface area contributed by atoms with E-state index in [9.17, 15) is 0 Å². The van der Waals surface area contributed by atoms with Gasteiger partial charge in [0.2, 0.25) is 5.88 Å². The third-order valence-electron chi connectivity index (χ3n) is 3.24. The summed E-state index contributed by atoms with van der Waals surface area (Å²) in [5, 5.41) is 0. The van der Waals surface area contributed by atoms with Crippen LogP contribution in [0.2, 0.25) is 0 Å². The van der Waals surface area contributed by atoms with Crippen LogP contribution in [-0.2, 0) is 0 Å². The summed E-state index contributed by atoms with van der Waals surface area (Å²) in [4.78, 5) is 8.78. The van der Waals surface area contributed by atoms with Crippen molar-refractivity contribution >= 4 is 0 Å². The Morgan fingerprint density at radius 2 is 1.85 bits per heavy atom. The van der Waals surface area contributed by atoms with Crippen LogP contribution in [-0.4, -0.2) is 16.6 Å². The van der Waals surface area contributed by atoms with Gasteiger partial charge in [0.05, 0.1) is 6.61 Å². The molecule has 106 valence electrons.